The number of aliphatic carboxylic acids is 2. The van der Waals surface area contributed by atoms with Crippen molar-refractivity contribution in [1.82, 2.24) is 15.5 Å². The maximum Gasteiger partial charge on any atom is 2.00 e. The topological polar surface area (TPSA) is 204 Å². The Kier molecular flexibility index (Phi) is 9.79. The molecule has 3 rings (SSSR count). The zero-order chi connectivity index (χ0) is 24.1. The summed E-state index contributed by atoms with van der Waals surface area (Å²) in [5, 5.41) is 29.6. The van der Waals surface area contributed by atoms with Gasteiger partial charge in [0.1, 0.15) is 0 Å². The van der Waals surface area contributed by atoms with Gasteiger partial charge in [0.05, 0.1) is 18.6 Å². The van der Waals surface area contributed by atoms with Crippen LogP contribution in [-0.2, 0) is 14.4 Å². The Bertz CT molecular complexity index is 1010. The van der Waals surface area contributed by atoms with E-state index < -0.39 is 36.4 Å². The molecule has 13 nitrogen and oxygen atoms in total. The Morgan fingerprint density at radius 2 is 1.94 bits per heavy atom. The van der Waals surface area contributed by atoms with E-state index in [1.165, 1.54) is 12.1 Å². The second-order valence-corrected chi connectivity index (χ2v) is 7.62. The van der Waals surface area contributed by atoms with Crippen molar-refractivity contribution < 1.29 is 29.4 Å². The molecule has 2 heterocycles. The number of nitrogens with two attached hydrogens (primary N) is 1. The summed E-state index contributed by atoms with van der Waals surface area (Å²) < 4.78 is 0. The Labute approximate surface area is 224 Å². The average molecular weight is 498 g/mol. The smallest absolute Gasteiger partial charge is 0.550 e. The fraction of sp³-hybridized carbons (Fsp3) is 0.400. The van der Waals surface area contributed by atoms with Gasteiger partial charge in [-0.1, -0.05) is 0 Å². The molecule has 1 unspecified atom stereocenters. The molecule has 176 valence electrons. The van der Waals surface area contributed by atoms with E-state index in [0.717, 1.165) is 0 Å². The first-order chi connectivity index (χ1) is 15.7. The molecule has 34 heavy (non-hydrogen) atoms. The molecule has 1 aromatic carbocycles. The fourth-order valence-corrected chi connectivity index (χ4v) is 3.49. The molecule has 3 atom stereocenters. The summed E-state index contributed by atoms with van der Waals surface area (Å²) in [6.45, 7) is 0.869. The van der Waals surface area contributed by atoms with Crippen LogP contribution in [-0.4, -0.2) is 116 Å². The van der Waals surface area contributed by atoms with Crippen LogP contribution in [0.15, 0.2) is 34.3 Å². The maximum absolute atomic E-state index is 12.3. The van der Waals surface area contributed by atoms with E-state index in [-0.39, 0.29) is 67.6 Å². The number of amides is 2. The van der Waals surface area contributed by atoms with Crippen molar-refractivity contribution in [3.05, 3.63) is 29.8 Å². The number of amidine groups is 1. The summed E-state index contributed by atoms with van der Waals surface area (Å²) >= 11 is 0. The number of nitrogens with one attached hydrogen (secondary N) is 3. The third kappa shape index (κ3) is 6.88. The average Bonchev–Trinajstić information content (AvgIpc) is 2.75. The van der Waals surface area contributed by atoms with Crippen LogP contribution in [0.3, 0.4) is 0 Å². The van der Waals surface area contributed by atoms with E-state index in [9.17, 15) is 29.4 Å². The number of carbonyl (C=O) groups is 4. The van der Waals surface area contributed by atoms with Gasteiger partial charge in [0.2, 0.25) is 5.96 Å². The van der Waals surface area contributed by atoms with Gasteiger partial charge in [-0.05, 0) is 44.2 Å². The third-order valence-corrected chi connectivity index (χ3v) is 5.34. The van der Waals surface area contributed by atoms with Gasteiger partial charge < -0.3 is 36.2 Å². The van der Waals surface area contributed by atoms with E-state index in [0.29, 0.717) is 24.6 Å². The van der Waals surface area contributed by atoms with Crippen molar-refractivity contribution >= 4 is 79.0 Å². The standard InChI is InChI=1S/C20H25N7O6.Ca/c1-27-12(9-23-16-15(27)18(31)26-20(21)25-16)8-22-11-4-2-10(3-5-11)17(30)24-13(19(32)33)6-7-14(28)29;/h2-5,12-13,15,22H,6-9H2,1H3,(H,24,30)(H,28,29)(H,32,33)(H3,21,23,25,26,31);/q;+2/p-2/t12-,13-,15?;/m0./s1. The van der Waals surface area contributed by atoms with Crippen molar-refractivity contribution in [2.24, 2.45) is 15.7 Å². The van der Waals surface area contributed by atoms with E-state index in [1.807, 2.05) is 4.90 Å². The van der Waals surface area contributed by atoms with Crippen LogP contribution in [0.2, 0.25) is 0 Å². The van der Waals surface area contributed by atoms with Crippen LogP contribution in [0.1, 0.15) is 23.2 Å². The number of carboxylic acid groups (broad SMARTS) is 2. The minimum Gasteiger partial charge on any atom is -0.550 e. The normalized spacial score (nSPS) is 20.4. The Hall–Kier alpha value is -2.74. The molecule has 2 aliphatic rings. The first-order valence-corrected chi connectivity index (χ1v) is 10.1. The molecule has 0 spiro atoms. The van der Waals surface area contributed by atoms with Gasteiger partial charge in [-0.25, -0.2) is 0 Å². The van der Waals surface area contributed by atoms with Crippen LogP contribution < -0.4 is 31.9 Å². The number of benzene rings is 1. The molecule has 0 saturated carbocycles. The molecule has 0 aromatic heterocycles. The Morgan fingerprint density at radius 3 is 2.56 bits per heavy atom. The first kappa shape index (κ1) is 27.5. The summed E-state index contributed by atoms with van der Waals surface area (Å²) in [5.41, 5.74) is 6.45. The number of hydrogen-bond acceptors (Lipinski definition) is 11. The molecule has 0 fully saturated rings. The molecule has 2 aliphatic heterocycles. The van der Waals surface area contributed by atoms with Gasteiger partial charge in [0.15, 0.2) is 11.9 Å². The summed E-state index contributed by atoms with van der Waals surface area (Å²) in [7, 11) is 1.80. The number of likely N-dealkylation sites (N-methyl/N-ethyl adjacent to an activating group) is 1. The fourth-order valence-electron chi connectivity index (χ4n) is 3.49. The van der Waals surface area contributed by atoms with Gasteiger partial charge in [-0.3, -0.25) is 24.8 Å². The van der Waals surface area contributed by atoms with Gasteiger partial charge in [0, 0.05) is 29.8 Å². The summed E-state index contributed by atoms with van der Waals surface area (Å²) in [4.78, 5) is 56.5. The third-order valence-electron chi connectivity index (χ3n) is 5.34. The predicted molar refractivity (Wildman–Crippen MR) is 119 cm³/mol. The monoisotopic (exact) mass is 497 g/mol. The van der Waals surface area contributed by atoms with Gasteiger partial charge in [0.25, 0.3) is 11.8 Å². The van der Waals surface area contributed by atoms with Crippen molar-refractivity contribution in [3.8, 4) is 0 Å². The van der Waals surface area contributed by atoms with Gasteiger partial charge in [-0.2, -0.15) is 4.99 Å². The minimum atomic E-state index is -1.58. The number of fused-ring (bicyclic) bond motifs is 1. The first-order valence-electron chi connectivity index (χ1n) is 10.1. The molecule has 1 aromatic rings. The largest absolute Gasteiger partial charge is 2.00 e. The van der Waals surface area contributed by atoms with E-state index in [1.54, 1.807) is 19.2 Å². The second kappa shape index (κ2) is 12.1. The molecule has 5 N–H and O–H groups in total. The van der Waals surface area contributed by atoms with Crippen LogP contribution in [0.5, 0.6) is 0 Å². The van der Waals surface area contributed by atoms with Crippen molar-refractivity contribution in [2.45, 2.75) is 31.0 Å². The molecule has 2 amide bonds. The number of anilines is 1. The number of hydrogen-bond donors (Lipinski definition) is 4. The number of carboxylic acids is 2. The molecular formula is C20H23CaN7O6. The summed E-state index contributed by atoms with van der Waals surface area (Å²) in [6, 6.07) is 4.09. The summed E-state index contributed by atoms with van der Waals surface area (Å²) in [5.74, 6) is -3.57. The van der Waals surface area contributed by atoms with Crippen LogP contribution in [0.4, 0.5) is 5.69 Å². The summed E-state index contributed by atoms with van der Waals surface area (Å²) in [6.07, 6.45) is -0.864. The molecule has 0 radical (unpaired) electrons. The molecule has 0 saturated heterocycles. The molecule has 0 bridgehead atoms. The maximum atomic E-state index is 12.3. The minimum absolute atomic E-state index is 0. The zero-order valence-electron chi connectivity index (χ0n) is 18.4. The number of guanidine groups is 1. The molecule has 14 heteroatoms. The molecular weight excluding hydrogens is 474 g/mol. The Morgan fingerprint density at radius 1 is 1.26 bits per heavy atom. The van der Waals surface area contributed by atoms with Crippen molar-refractivity contribution in [1.29, 1.82) is 0 Å². The van der Waals surface area contributed by atoms with E-state index >= 15 is 0 Å². The van der Waals surface area contributed by atoms with Crippen LogP contribution in [0, 0.1) is 0 Å². The van der Waals surface area contributed by atoms with Gasteiger partial charge in [-0.15, -0.1) is 0 Å². The van der Waals surface area contributed by atoms with E-state index in [2.05, 4.69) is 25.9 Å². The second-order valence-electron chi connectivity index (χ2n) is 7.62. The van der Waals surface area contributed by atoms with Crippen LogP contribution >= 0.6 is 0 Å². The van der Waals surface area contributed by atoms with Crippen LogP contribution in [0.25, 0.3) is 0 Å². The number of nitrogens with zero attached hydrogens (tertiary/aromatic N) is 3. The quantitative estimate of drug-likeness (QED) is 0.243. The van der Waals surface area contributed by atoms with Crippen molar-refractivity contribution in [2.75, 3.05) is 25.5 Å². The molecule has 0 aliphatic carbocycles. The predicted octanol–water partition coefficient (Wildman–Crippen LogP) is -4.38. The zero-order valence-corrected chi connectivity index (χ0v) is 20.7. The number of rotatable bonds is 9. The van der Waals surface area contributed by atoms with E-state index in [4.69, 9.17) is 5.73 Å². The number of carbonyl (C=O) groups excluding carboxylic acids is 4. The SMILES string of the molecule is CN1C2C(=O)NC(N)=NC2=NC[C@@H]1CNc1ccc(C(=O)N[C@@H](CCC(=O)[O-])C(=O)[O-])cc1.[Ca+2]. The van der Waals surface area contributed by atoms with Gasteiger partial charge >= 0.3 is 37.7 Å². The Balaban J connectivity index is 0.00000408. The number of aliphatic imine (C=N–C) groups is 2. The van der Waals surface area contributed by atoms with Crippen molar-refractivity contribution in [3.63, 3.8) is 0 Å².